The Labute approximate surface area is 142 Å². The van der Waals surface area contributed by atoms with Crippen molar-refractivity contribution in [2.24, 2.45) is 11.1 Å². The van der Waals surface area contributed by atoms with Crippen molar-refractivity contribution < 1.29 is 4.79 Å². The van der Waals surface area contributed by atoms with Crippen LogP contribution in [-0.2, 0) is 11.2 Å². The van der Waals surface area contributed by atoms with Crippen LogP contribution in [0.15, 0.2) is 30.3 Å². The highest BCUT2D eigenvalue weighted by Crippen LogP contribution is 2.27. The van der Waals surface area contributed by atoms with E-state index < -0.39 is 6.04 Å². The predicted molar refractivity (Wildman–Crippen MR) is 96.4 cm³/mol. The average Bonchev–Trinajstić information content (AvgIpc) is 2.87. The number of amides is 1. The summed E-state index contributed by atoms with van der Waals surface area (Å²) in [6, 6.07) is 9.66. The zero-order chi connectivity index (χ0) is 17.0. The molecule has 23 heavy (non-hydrogen) atoms. The summed E-state index contributed by atoms with van der Waals surface area (Å²) in [7, 11) is 0. The molecule has 1 heterocycles. The van der Waals surface area contributed by atoms with Crippen LogP contribution in [0.2, 0.25) is 0 Å². The van der Waals surface area contributed by atoms with Crippen molar-refractivity contribution in [3.8, 4) is 11.3 Å². The van der Waals surface area contributed by atoms with Crippen LogP contribution in [0.4, 0.5) is 0 Å². The summed E-state index contributed by atoms with van der Waals surface area (Å²) < 4.78 is 0. The molecule has 1 atom stereocenters. The molecular weight excluding hydrogens is 306 g/mol. The lowest BCUT2D eigenvalue weighted by Crippen LogP contribution is -2.48. The molecule has 1 aromatic heterocycles. The van der Waals surface area contributed by atoms with Gasteiger partial charge in [-0.2, -0.15) is 0 Å². The molecule has 0 aliphatic heterocycles. The Balaban J connectivity index is 1.94. The monoisotopic (exact) mass is 331 g/mol. The summed E-state index contributed by atoms with van der Waals surface area (Å²) in [4.78, 5) is 17.9. The van der Waals surface area contributed by atoms with Crippen molar-refractivity contribution in [1.29, 1.82) is 0 Å². The number of hydrogen-bond acceptors (Lipinski definition) is 4. The molecule has 2 rings (SSSR count). The molecule has 3 N–H and O–H groups in total. The van der Waals surface area contributed by atoms with Crippen LogP contribution >= 0.6 is 11.3 Å². The Morgan fingerprint density at radius 2 is 1.96 bits per heavy atom. The summed E-state index contributed by atoms with van der Waals surface area (Å²) in [5.41, 5.74) is 7.88. The third-order valence-electron chi connectivity index (χ3n) is 3.74. The second-order valence-corrected chi connectivity index (χ2v) is 8.05. The Morgan fingerprint density at radius 3 is 2.57 bits per heavy atom. The topological polar surface area (TPSA) is 68.0 Å². The Hall–Kier alpha value is -1.72. The number of benzene rings is 1. The molecule has 0 aliphatic carbocycles. The van der Waals surface area contributed by atoms with Gasteiger partial charge in [0.05, 0.1) is 16.7 Å². The summed E-state index contributed by atoms with van der Waals surface area (Å²) in [5, 5.41) is 3.94. The van der Waals surface area contributed by atoms with E-state index in [1.165, 1.54) is 4.88 Å². The van der Waals surface area contributed by atoms with E-state index >= 15 is 0 Å². The number of rotatable bonds is 5. The van der Waals surface area contributed by atoms with Crippen molar-refractivity contribution in [2.45, 2.75) is 40.2 Å². The first-order valence-electron chi connectivity index (χ1n) is 7.84. The van der Waals surface area contributed by atoms with Gasteiger partial charge in [-0.25, -0.2) is 4.98 Å². The van der Waals surface area contributed by atoms with E-state index in [0.29, 0.717) is 6.54 Å². The molecule has 0 fully saturated rings. The van der Waals surface area contributed by atoms with Gasteiger partial charge in [-0.1, -0.05) is 51.1 Å². The second kappa shape index (κ2) is 7.23. The number of aryl methyl sites for hydroxylation is 1. The SMILES string of the molecule is Cc1sc(CCNC(=O)[C@@H](N)C(C)(C)C)nc1-c1ccccc1. The van der Waals surface area contributed by atoms with Crippen LogP contribution in [-0.4, -0.2) is 23.5 Å². The molecule has 1 amide bonds. The minimum Gasteiger partial charge on any atom is -0.354 e. The van der Waals surface area contributed by atoms with E-state index in [0.717, 1.165) is 22.7 Å². The minimum atomic E-state index is -0.500. The summed E-state index contributed by atoms with van der Waals surface area (Å²) in [6.45, 7) is 8.54. The number of nitrogens with two attached hydrogens (primary N) is 1. The van der Waals surface area contributed by atoms with Gasteiger partial charge in [0.2, 0.25) is 5.91 Å². The van der Waals surface area contributed by atoms with E-state index in [9.17, 15) is 4.79 Å². The molecule has 0 saturated carbocycles. The van der Waals surface area contributed by atoms with Gasteiger partial charge in [-0.05, 0) is 12.3 Å². The lowest BCUT2D eigenvalue weighted by molar-refractivity contribution is -0.124. The van der Waals surface area contributed by atoms with Crippen molar-refractivity contribution >= 4 is 17.2 Å². The Kier molecular flexibility index (Phi) is 5.55. The second-order valence-electron chi connectivity index (χ2n) is 6.76. The van der Waals surface area contributed by atoms with Crippen molar-refractivity contribution in [1.82, 2.24) is 10.3 Å². The van der Waals surface area contributed by atoms with Crippen LogP contribution < -0.4 is 11.1 Å². The maximum Gasteiger partial charge on any atom is 0.237 e. The van der Waals surface area contributed by atoms with Gasteiger partial charge in [0.25, 0.3) is 0 Å². The normalized spacial score (nSPS) is 12.9. The number of carbonyl (C=O) groups excluding carboxylic acids is 1. The Morgan fingerprint density at radius 1 is 1.30 bits per heavy atom. The fourth-order valence-corrected chi connectivity index (χ4v) is 3.17. The predicted octanol–water partition coefficient (Wildman–Crippen LogP) is 3.15. The highest BCUT2D eigenvalue weighted by Gasteiger charge is 2.27. The molecule has 0 unspecified atom stereocenters. The Bertz CT molecular complexity index is 659. The number of nitrogens with zero attached hydrogens (tertiary/aromatic N) is 1. The van der Waals surface area contributed by atoms with Gasteiger partial charge in [0, 0.05) is 23.4 Å². The van der Waals surface area contributed by atoms with Crippen molar-refractivity contribution in [2.75, 3.05) is 6.54 Å². The zero-order valence-corrected chi connectivity index (χ0v) is 15.0. The molecule has 2 aromatic rings. The molecule has 4 nitrogen and oxygen atoms in total. The number of carbonyl (C=O) groups is 1. The molecule has 0 radical (unpaired) electrons. The molecule has 5 heteroatoms. The standard InChI is InChI=1S/C18H25N3OS/c1-12-15(13-8-6-5-7-9-13)21-14(23-12)10-11-20-17(22)16(19)18(2,3)4/h5-9,16H,10-11,19H2,1-4H3,(H,20,22)/t16-/m1/s1. The van der Waals surface area contributed by atoms with E-state index in [1.54, 1.807) is 11.3 Å². The van der Waals surface area contributed by atoms with Crippen LogP contribution in [0.3, 0.4) is 0 Å². The van der Waals surface area contributed by atoms with E-state index in [1.807, 2.05) is 39.0 Å². The van der Waals surface area contributed by atoms with Gasteiger partial charge in [0.1, 0.15) is 0 Å². The number of nitrogens with one attached hydrogen (secondary N) is 1. The van der Waals surface area contributed by atoms with Crippen molar-refractivity contribution in [3.63, 3.8) is 0 Å². The fourth-order valence-electron chi connectivity index (χ4n) is 2.22. The fraction of sp³-hybridized carbons (Fsp3) is 0.444. The molecular formula is C18H25N3OS. The summed E-state index contributed by atoms with van der Waals surface area (Å²) in [6.07, 6.45) is 0.723. The lowest BCUT2D eigenvalue weighted by Gasteiger charge is -2.25. The van der Waals surface area contributed by atoms with Gasteiger partial charge in [-0.15, -0.1) is 11.3 Å². The largest absolute Gasteiger partial charge is 0.354 e. The van der Waals surface area contributed by atoms with Crippen LogP contribution in [0.5, 0.6) is 0 Å². The maximum absolute atomic E-state index is 12.0. The highest BCUT2D eigenvalue weighted by atomic mass is 32.1. The first-order valence-corrected chi connectivity index (χ1v) is 8.65. The van der Waals surface area contributed by atoms with Gasteiger partial charge in [-0.3, -0.25) is 4.79 Å². The first-order chi connectivity index (χ1) is 10.8. The summed E-state index contributed by atoms with van der Waals surface area (Å²) in [5.74, 6) is -0.103. The van der Waals surface area contributed by atoms with Crippen molar-refractivity contribution in [3.05, 3.63) is 40.2 Å². The molecule has 0 aliphatic rings. The quantitative estimate of drug-likeness (QED) is 0.884. The maximum atomic E-state index is 12.0. The average molecular weight is 331 g/mol. The minimum absolute atomic E-state index is 0.103. The van der Waals surface area contributed by atoms with Crippen LogP contribution in [0.25, 0.3) is 11.3 Å². The molecule has 0 bridgehead atoms. The van der Waals surface area contributed by atoms with Gasteiger partial charge >= 0.3 is 0 Å². The molecule has 1 aromatic carbocycles. The molecule has 0 saturated heterocycles. The van der Waals surface area contributed by atoms with E-state index in [2.05, 4.69) is 24.4 Å². The third-order valence-corrected chi connectivity index (χ3v) is 4.77. The van der Waals surface area contributed by atoms with E-state index in [4.69, 9.17) is 10.7 Å². The van der Waals surface area contributed by atoms with Gasteiger partial charge < -0.3 is 11.1 Å². The zero-order valence-electron chi connectivity index (χ0n) is 14.2. The van der Waals surface area contributed by atoms with Gasteiger partial charge in [0.15, 0.2) is 0 Å². The van der Waals surface area contributed by atoms with Crippen LogP contribution in [0.1, 0.15) is 30.7 Å². The summed E-state index contributed by atoms with van der Waals surface area (Å²) >= 11 is 1.68. The smallest absolute Gasteiger partial charge is 0.237 e. The number of hydrogen-bond donors (Lipinski definition) is 2. The first kappa shape index (κ1) is 17.6. The number of aromatic nitrogens is 1. The third kappa shape index (κ3) is 4.62. The molecule has 124 valence electrons. The lowest BCUT2D eigenvalue weighted by atomic mass is 9.87. The molecule has 0 spiro atoms. The van der Waals surface area contributed by atoms with Crippen LogP contribution in [0, 0.1) is 12.3 Å². The highest BCUT2D eigenvalue weighted by molar-refractivity contribution is 7.12. The number of thiazole rings is 1. The van der Waals surface area contributed by atoms with E-state index in [-0.39, 0.29) is 11.3 Å².